The van der Waals surface area contributed by atoms with E-state index in [1.165, 1.54) is 4.90 Å². The Morgan fingerprint density at radius 3 is 2.22 bits per heavy atom. The second-order valence-corrected chi connectivity index (χ2v) is 6.15. The second kappa shape index (κ2) is 6.36. The Bertz CT molecular complexity index is 637. The van der Waals surface area contributed by atoms with Crippen molar-refractivity contribution in [2.24, 2.45) is 11.8 Å². The summed E-state index contributed by atoms with van der Waals surface area (Å²) in [7, 11) is 0. The average Bonchev–Trinajstić information content (AvgIpc) is 2.80. The fourth-order valence-corrected chi connectivity index (χ4v) is 3.16. The maximum absolute atomic E-state index is 12.3. The number of amides is 3. The van der Waals surface area contributed by atoms with Gasteiger partial charge in [0.05, 0.1) is 11.8 Å². The van der Waals surface area contributed by atoms with Crippen molar-refractivity contribution in [2.45, 2.75) is 26.2 Å². The van der Waals surface area contributed by atoms with E-state index in [2.05, 4.69) is 5.32 Å². The molecule has 1 fully saturated rings. The Morgan fingerprint density at radius 1 is 1.09 bits per heavy atom. The highest BCUT2D eigenvalue weighted by Gasteiger charge is 2.46. The van der Waals surface area contributed by atoms with E-state index < -0.39 is 0 Å². The zero-order valence-corrected chi connectivity index (χ0v) is 13.1. The number of rotatable bonds is 4. The number of carbonyl (C=O) groups is 3. The molecule has 0 saturated carbocycles. The number of nitrogens with zero attached hydrogens (tertiary/aromatic N) is 1. The second-order valence-electron chi connectivity index (χ2n) is 6.15. The van der Waals surface area contributed by atoms with Gasteiger partial charge in [-0.3, -0.25) is 19.3 Å². The van der Waals surface area contributed by atoms with Crippen LogP contribution in [0, 0.1) is 18.8 Å². The number of hydrogen-bond donors (Lipinski definition) is 1. The summed E-state index contributed by atoms with van der Waals surface area (Å²) < 4.78 is 0. The van der Waals surface area contributed by atoms with Crippen molar-refractivity contribution in [3.63, 3.8) is 0 Å². The summed E-state index contributed by atoms with van der Waals surface area (Å²) in [6.07, 6.45) is 5.29. The predicted octanol–water partition coefficient (Wildman–Crippen LogP) is 2.27. The molecule has 3 amide bonds. The molecule has 1 aromatic rings. The van der Waals surface area contributed by atoms with Crippen molar-refractivity contribution < 1.29 is 14.4 Å². The molecule has 0 bridgehead atoms. The number of likely N-dealkylation sites (tertiary alicyclic amines) is 1. The largest absolute Gasteiger partial charge is 0.326 e. The van der Waals surface area contributed by atoms with Gasteiger partial charge >= 0.3 is 0 Å². The number of aryl methyl sites for hydroxylation is 1. The van der Waals surface area contributed by atoms with E-state index in [1.807, 2.05) is 43.3 Å². The molecule has 2 atom stereocenters. The average molecular weight is 312 g/mol. The van der Waals surface area contributed by atoms with Crippen LogP contribution in [0.25, 0.3) is 0 Å². The molecular formula is C18H20N2O3. The molecule has 5 heteroatoms. The topological polar surface area (TPSA) is 66.5 Å². The van der Waals surface area contributed by atoms with E-state index in [0.717, 1.165) is 11.3 Å². The lowest BCUT2D eigenvalue weighted by Crippen LogP contribution is -2.34. The van der Waals surface area contributed by atoms with E-state index in [1.54, 1.807) is 0 Å². The number of imide groups is 1. The van der Waals surface area contributed by atoms with Gasteiger partial charge in [-0.25, -0.2) is 0 Å². The zero-order chi connectivity index (χ0) is 16.4. The maximum Gasteiger partial charge on any atom is 0.233 e. The molecule has 120 valence electrons. The van der Waals surface area contributed by atoms with E-state index in [4.69, 9.17) is 0 Å². The summed E-state index contributed by atoms with van der Waals surface area (Å²) in [6, 6.07) is 7.50. The van der Waals surface area contributed by atoms with E-state index >= 15 is 0 Å². The number of benzene rings is 1. The highest BCUT2D eigenvalue weighted by Crippen LogP contribution is 2.34. The van der Waals surface area contributed by atoms with Gasteiger partial charge in [0.2, 0.25) is 17.7 Å². The van der Waals surface area contributed by atoms with Crippen LogP contribution < -0.4 is 5.32 Å². The Hall–Kier alpha value is -2.43. The smallest absolute Gasteiger partial charge is 0.233 e. The summed E-state index contributed by atoms with van der Waals surface area (Å²) in [4.78, 5) is 37.9. The Labute approximate surface area is 135 Å². The Morgan fingerprint density at radius 2 is 1.65 bits per heavy atom. The quantitative estimate of drug-likeness (QED) is 0.685. The molecule has 0 aromatic heterocycles. The van der Waals surface area contributed by atoms with Crippen LogP contribution in [0.3, 0.4) is 0 Å². The number of hydrogen-bond acceptors (Lipinski definition) is 3. The molecule has 1 saturated heterocycles. The molecule has 0 unspecified atom stereocenters. The minimum atomic E-state index is -0.229. The molecule has 3 rings (SSSR count). The lowest BCUT2D eigenvalue weighted by Gasteiger charge is -2.14. The molecule has 0 radical (unpaired) electrons. The lowest BCUT2D eigenvalue weighted by molar-refractivity contribution is -0.140. The molecule has 5 nitrogen and oxygen atoms in total. The third-order valence-electron chi connectivity index (χ3n) is 4.50. The number of anilines is 1. The first-order valence-corrected chi connectivity index (χ1v) is 7.93. The molecule has 1 aliphatic heterocycles. The van der Waals surface area contributed by atoms with Gasteiger partial charge in [-0.1, -0.05) is 29.8 Å². The monoisotopic (exact) mass is 312 g/mol. The lowest BCUT2D eigenvalue weighted by atomic mass is 9.85. The number of allylic oxidation sites excluding steroid dienone is 2. The molecule has 0 spiro atoms. The van der Waals surface area contributed by atoms with Crippen molar-refractivity contribution in [1.82, 2.24) is 4.90 Å². The molecular weight excluding hydrogens is 292 g/mol. The van der Waals surface area contributed by atoms with Gasteiger partial charge in [-0.15, -0.1) is 0 Å². The summed E-state index contributed by atoms with van der Waals surface area (Å²) >= 11 is 0. The fraction of sp³-hybridized carbons (Fsp3) is 0.389. The third-order valence-corrected chi connectivity index (χ3v) is 4.50. The third kappa shape index (κ3) is 3.18. The van der Waals surface area contributed by atoms with Crippen LogP contribution in [0.5, 0.6) is 0 Å². The van der Waals surface area contributed by atoms with Gasteiger partial charge in [-0.2, -0.15) is 0 Å². The normalized spacial score (nSPS) is 23.1. The summed E-state index contributed by atoms with van der Waals surface area (Å²) in [5.74, 6) is -0.914. The number of nitrogens with one attached hydrogen (secondary N) is 1. The fourth-order valence-electron chi connectivity index (χ4n) is 3.16. The van der Waals surface area contributed by atoms with E-state index in [-0.39, 0.29) is 42.5 Å². The SMILES string of the molecule is Cc1ccc(NC(=O)CCN2C(=O)[C@H]3CC=CC[C@H]3C2=O)cc1. The summed E-state index contributed by atoms with van der Waals surface area (Å²) in [5, 5.41) is 2.78. The van der Waals surface area contributed by atoms with Crippen LogP contribution in [-0.2, 0) is 14.4 Å². The Kier molecular flexibility index (Phi) is 4.28. The van der Waals surface area contributed by atoms with Crippen LogP contribution in [0.15, 0.2) is 36.4 Å². The van der Waals surface area contributed by atoms with Gasteiger partial charge in [0, 0.05) is 18.7 Å². The number of carbonyl (C=O) groups excluding carboxylic acids is 3. The molecule has 1 N–H and O–H groups in total. The molecule has 2 aliphatic rings. The van der Waals surface area contributed by atoms with Gasteiger partial charge in [-0.05, 0) is 31.9 Å². The first kappa shape index (κ1) is 15.5. The van der Waals surface area contributed by atoms with E-state index in [0.29, 0.717) is 12.8 Å². The standard InChI is InChI=1S/C18H20N2O3/c1-12-6-8-13(9-7-12)19-16(21)10-11-20-17(22)14-4-2-3-5-15(14)18(20)23/h2-3,6-9,14-15H,4-5,10-11H2,1H3,(H,19,21)/t14-,15+. The van der Waals surface area contributed by atoms with Crippen molar-refractivity contribution >= 4 is 23.4 Å². The van der Waals surface area contributed by atoms with Crippen LogP contribution in [-0.4, -0.2) is 29.2 Å². The van der Waals surface area contributed by atoms with Crippen molar-refractivity contribution in [3.05, 3.63) is 42.0 Å². The van der Waals surface area contributed by atoms with Crippen LogP contribution in [0.4, 0.5) is 5.69 Å². The van der Waals surface area contributed by atoms with Crippen LogP contribution in [0.1, 0.15) is 24.8 Å². The van der Waals surface area contributed by atoms with Gasteiger partial charge in [0.15, 0.2) is 0 Å². The highest BCUT2D eigenvalue weighted by atomic mass is 16.2. The van der Waals surface area contributed by atoms with Crippen molar-refractivity contribution in [3.8, 4) is 0 Å². The van der Waals surface area contributed by atoms with Crippen LogP contribution in [0.2, 0.25) is 0 Å². The summed E-state index contributed by atoms with van der Waals surface area (Å²) in [5.41, 5.74) is 1.84. The molecule has 1 aromatic carbocycles. The van der Waals surface area contributed by atoms with Crippen LogP contribution >= 0.6 is 0 Å². The van der Waals surface area contributed by atoms with Crippen molar-refractivity contribution in [1.29, 1.82) is 0 Å². The summed E-state index contributed by atoms with van der Waals surface area (Å²) in [6.45, 7) is 2.13. The zero-order valence-electron chi connectivity index (χ0n) is 13.1. The first-order chi connectivity index (χ1) is 11.1. The van der Waals surface area contributed by atoms with Gasteiger partial charge in [0.1, 0.15) is 0 Å². The first-order valence-electron chi connectivity index (χ1n) is 7.93. The van der Waals surface area contributed by atoms with Gasteiger partial charge in [0.25, 0.3) is 0 Å². The van der Waals surface area contributed by atoms with Crippen molar-refractivity contribution in [2.75, 3.05) is 11.9 Å². The minimum absolute atomic E-state index is 0.123. The van der Waals surface area contributed by atoms with E-state index in [9.17, 15) is 14.4 Å². The molecule has 1 aliphatic carbocycles. The highest BCUT2D eigenvalue weighted by molar-refractivity contribution is 6.05. The predicted molar refractivity (Wildman–Crippen MR) is 86.5 cm³/mol. The Balaban J connectivity index is 1.56. The molecule has 23 heavy (non-hydrogen) atoms. The minimum Gasteiger partial charge on any atom is -0.326 e. The molecule has 1 heterocycles. The number of fused-ring (bicyclic) bond motifs is 1. The maximum atomic E-state index is 12.3. The van der Waals surface area contributed by atoms with Gasteiger partial charge < -0.3 is 5.32 Å².